The fourth-order valence-electron chi connectivity index (χ4n) is 5.47. The number of ether oxygens (including phenoxy) is 1. The van der Waals surface area contributed by atoms with E-state index in [2.05, 4.69) is 13.8 Å². The molecule has 0 aromatic rings. The third-order valence-electron chi connectivity index (χ3n) is 6.59. The summed E-state index contributed by atoms with van der Waals surface area (Å²) >= 11 is 0. The van der Waals surface area contributed by atoms with Crippen LogP contribution in [0.5, 0.6) is 0 Å². The van der Waals surface area contributed by atoms with Crippen LogP contribution in [0.1, 0.15) is 59.3 Å². The summed E-state index contributed by atoms with van der Waals surface area (Å²) in [6, 6.07) is 0. The summed E-state index contributed by atoms with van der Waals surface area (Å²) in [6.07, 6.45) is 6.31. The van der Waals surface area contributed by atoms with E-state index < -0.39 is 0 Å². The zero-order valence-electron chi connectivity index (χ0n) is 12.9. The van der Waals surface area contributed by atoms with E-state index in [1.54, 1.807) is 0 Å². The molecule has 0 saturated heterocycles. The van der Waals surface area contributed by atoms with Crippen LogP contribution < -0.4 is 0 Å². The summed E-state index contributed by atoms with van der Waals surface area (Å²) in [5.74, 6) is 2.44. The Morgan fingerprint density at radius 3 is 2.65 bits per heavy atom. The van der Waals surface area contributed by atoms with Crippen molar-refractivity contribution in [3.63, 3.8) is 0 Å². The van der Waals surface area contributed by atoms with E-state index in [-0.39, 0.29) is 23.4 Å². The topological polar surface area (TPSA) is 43.4 Å². The van der Waals surface area contributed by atoms with Gasteiger partial charge in [0.2, 0.25) is 0 Å². The zero-order chi connectivity index (χ0) is 14.5. The summed E-state index contributed by atoms with van der Waals surface area (Å²) in [5.41, 5.74) is 0.146. The van der Waals surface area contributed by atoms with Crippen LogP contribution in [0.15, 0.2) is 0 Å². The molecule has 6 atom stereocenters. The summed E-state index contributed by atoms with van der Waals surface area (Å²) in [4.78, 5) is 23.3. The van der Waals surface area contributed by atoms with Crippen LogP contribution in [0.3, 0.4) is 0 Å². The maximum Gasteiger partial charge on any atom is 0.302 e. The molecule has 0 heterocycles. The molecule has 3 aliphatic rings. The third kappa shape index (κ3) is 2.01. The Labute approximate surface area is 121 Å². The lowest BCUT2D eigenvalue weighted by molar-refractivity contribution is -0.156. The van der Waals surface area contributed by atoms with E-state index in [9.17, 15) is 9.59 Å². The highest BCUT2D eigenvalue weighted by Crippen LogP contribution is 2.60. The van der Waals surface area contributed by atoms with Crippen molar-refractivity contribution in [1.82, 2.24) is 0 Å². The fraction of sp³-hybridized carbons (Fsp3) is 0.882. The molecule has 3 nitrogen and oxygen atoms in total. The van der Waals surface area contributed by atoms with Gasteiger partial charge < -0.3 is 4.74 Å². The summed E-state index contributed by atoms with van der Waals surface area (Å²) in [6.45, 7) is 5.96. The Balaban J connectivity index is 1.82. The second-order valence-corrected chi connectivity index (χ2v) is 7.45. The van der Waals surface area contributed by atoms with Crippen molar-refractivity contribution < 1.29 is 14.3 Å². The van der Waals surface area contributed by atoms with Gasteiger partial charge in [-0.1, -0.05) is 13.8 Å². The Kier molecular flexibility index (Phi) is 3.42. The molecule has 3 rings (SSSR count). The summed E-state index contributed by atoms with van der Waals surface area (Å²) in [7, 11) is 0. The number of hydrogen-bond donors (Lipinski definition) is 0. The minimum absolute atomic E-state index is 0.0962. The van der Waals surface area contributed by atoms with Crippen molar-refractivity contribution in [2.24, 2.45) is 29.1 Å². The lowest BCUT2D eigenvalue weighted by Gasteiger charge is -2.51. The Morgan fingerprint density at radius 1 is 1.20 bits per heavy atom. The molecular formula is C17H26O3. The first-order valence-corrected chi connectivity index (χ1v) is 8.13. The van der Waals surface area contributed by atoms with Gasteiger partial charge in [-0.15, -0.1) is 0 Å². The maximum absolute atomic E-state index is 12.0. The zero-order valence-corrected chi connectivity index (χ0v) is 12.9. The van der Waals surface area contributed by atoms with Crippen molar-refractivity contribution in [3.8, 4) is 0 Å². The lowest BCUT2D eigenvalue weighted by atomic mass is 9.54. The number of Topliss-reactive ketones (excluding diaryl/α,β-unsaturated/α-hetero) is 1. The predicted octanol–water partition coefficient (Wildman–Crippen LogP) is 3.36. The van der Waals surface area contributed by atoms with Gasteiger partial charge in [0.05, 0.1) is 0 Å². The SMILES string of the molecule is CC(=O)OC1CCC2C3CCC(=O)C(C)C3CCC12C. The molecule has 3 fully saturated rings. The molecule has 3 heteroatoms. The van der Waals surface area contributed by atoms with Gasteiger partial charge in [-0.2, -0.15) is 0 Å². The number of carbonyl (C=O) groups excluding carboxylic acids is 2. The van der Waals surface area contributed by atoms with Crippen molar-refractivity contribution in [2.45, 2.75) is 65.4 Å². The van der Waals surface area contributed by atoms with Crippen LogP contribution in [0.2, 0.25) is 0 Å². The van der Waals surface area contributed by atoms with Crippen LogP contribution in [0.25, 0.3) is 0 Å². The van der Waals surface area contributed by atoms with Crippen molar-refractivity contribution >= 4 is 11.8 Å². The van der Waals surface area contributed by atoms with E-state index in [1.807, 2.05) is 0 Å². The first kappa shape index (κ1) is 14.1. The molecule has 0 aromatic carbocycles. The first-order chi connectivity index (χ1) is 9.43. The standard InChI is InChI=1S/C17H26O3/c1-10-12-8-9-17(3)14(13(12)4-6-15(10)19)5-7-16(17)20-11(2)18/h10,12-14,16H,4-9H2,1-3H3. The predicted molar refractivity (Wildman–Crippen MR) is 76.0 cm³/mol. The molecule has 6 unspecified atom stereocenters. The Hall–Kier alpha value is -0.860. The van der Waals surface area contributed by atoms with E-state index >= 15 is 0 Å². The molecule has 0 spiro atoms. The molecular weight excluding hydrogens is 252 g/mol. The van der Waals surface area contributed by atoms with Gasteiger partial charge in [-0.05, 0) is 49.9 Å². The molecule has 20 heavy (non-hydrogen) atoms. The highest BCUT2D eigenvalue weighted by molar-refractivity contribution is 5.81. The molecule has 3 aliphatic carbocycles. The van der Waals surface area contributed by atoms with Crippen LogP contribution in [0.4, 0.5) is 0 Å². The van der Waals surface area contributed by atoms with Gasteiger partial charge in [-0.25, -0.2) is 0 Å². The highest BCUT2D eigenvalue weighted by atomic mass is 16.5. The monoisotopic (exact) mass is 278 g/mol. The first-order valence-electron chi connectivity index (χ1n) is 8.13. The number of ketones is 1. The molecule has 0 bridgehead atoms. The Morgan fingerprint density at radius 2 is 1.95 bits per heavy atom. The number of hydrogen-bond acceptors (Lipinski definition) is 3. The second kappa shape index (κ2) is 4.85. The third-order valence-corrected chi connectivity index (χ3v) is 6.59. The summed E-state index contributed by atoms with van der Waals surface area (Å²) in [5, 5.41) is 0. The molecule has 112 valence electrons. The number of rotatable bonds is 1. The van der Waals surface area contributed by atoms with E-state index in [1.165, 1.54) is 6.92 Å². The number of carbonyl (C=O) groups is 2. The van der Waals surface area contributed by atoms with Gasteiger partial charge >= 0.3 is 5.97 Å². The molecule has 0 aromatic heterocycles. The highest BCUT2D eigenvalue weighted by Gasteiger charge is 2.57. The Bertz CT molecular complexity index is 430. The molecule has 0 amide bonds. The second-order valence-electron chi connectivity index (χ2n) is 7.45. The quantitative estimate of drug-likeness (QED) is 0.691. The molecule has 0 N–H and O–H groups in total. The molecule has 3 saturated carbocycles. The average molecular weight is 278 g/mol. The van der Waals surface area contributed by atoms with Crippen molar-refractivity contribution in [1.29, 1.82) is 0 Å². The number of esters is 1. The van der Waals surface area contributed by atoms with E-state index in [0.29, 0.717) is 23.5 Å². The van der Waals surface area contributed by atoms with Crippen molar-refractivity contribution in [3.05, 3.63) is 0 Å². The fourth-order valence-corrected chi connectivity index (χ4v) is 5.47. The van der Waals surface area contributed by atoms with Crippen molar-refractivity contribution in [2.75, 3.05) is 0 Å². The molecule has 0 radical (unpaired) electrons. The van der Waals surface area contributed by atoms with Crippen LogP contribution in [0, 0.1) is 29.1 Å². The van der Waals surface area contributed by atoms with E-state index in [4.69, 9.17) is 4.74 Å². The average Bonchev–Trinajstić information content (AvgIpc) is 2.71. The van der Waals surface area contributed by atoms with Crippen LogP contribution in [-0.2, 0) is 14.3 Å². The minimum atomic E-state index is -0.147. The smallest absolute Gasteiger partial charge is 0.302 e. The summed E-state index contributed by atoms with van der Waals surface area (Å²) < 4.78 is 5.61. The lowest BCUT2D eigenvalue weighted by Crippen LogP contribution is -2.48. The van der Waals surface area contributed by atoms with Crippen LogP contribution in [-0.4, -0.2) is 17.9 Å². The number of fused-ring (bicyclic) bond motifs is 3. The van der Waals surface area contributed by atoms with Gasteiger partial charge in [0.25, 0.3) is 0 Å². The van der Waals surface area contributed by atoms with Crippen LogP contribution >= 0.6 is 0 Å². The largest absolute Gasteiger partial charge is 0.462 e. The van der Waals surface area contributed by atoms with Gasteiger partial charge in [-0.3, -0.25) is 9.59 Å². The van der Waals surface area contributed by atoms with Gasteiger partial charge in [0.15, 0.2) is 0 Å². The van der Waals surface area contributed by atoms with Gasteiger partial charge in [0, 0.05) is 24.7 Å². The van der Waals surface area contributed by atoms with E-state index in [0.717, 1.165) is 38.5 Å². The molecule has 0 aliphatic heterocycles. The normalized spacial score (nSPS) is 47.5. The van der Waals surface area contributed by atoms with Gasteiger partial charge in [0.1, 0.15) is 11.9 Å². The maximum atomic E-state index is 12.0. The minimum Gasteiger partial charge on any atom is -0.462 e.